The Bertz CT molecular complexity index is 857. The molecule has 0 aliphatic heterocycles. The molecule has 0 aliphatic carbocycles. The highest BCUT2D eigenvalue weighted by Gasteiger charge is 2.30. The summed E-state index contributed by atoms with van der Waals surface area (Å²) in [5, 5.41) is 0. The molecule has 2 nitrogen and oxygen atoms in total. The molecule has 0 N–H and O–H groups in total. The second kappa shape index (κ2) is 6.97. The van der Waals surface area contributed by atoms with Gasteiger partial charge in [-0.2, -0.15) is 13.2 Å². The summed E-state index contributed by atoms with van der Waals surface area (Å²) in [5.41, 5.74) is 2.35. The van der Waals surface area contributed by atoms with Crippen LogP contribution < -0.4 is 4.74 Å². The van der Waals surface area contributed by atoms with E-state index in [0.29, 0.717) is 17.7 Å². The maximum absolute atomic E-state index is 12.9. The summed E-state index contributed by atoms with van der Waals surface area (Å²) < 4.78 is 44.3. The van der Waals surface area contributed by atoms with Crippen LogP contribution in [0.4, 0.5) is 13.2 Å². The summed E-state index contributed by atoms with van der Waals surface area (Å²) in [4.78, 5) is 4.12. The third-order valence-corrected chi connectivity index (χ3v) is 3.74. The first-order valence-corrected chi connectivity index (χ1v) is 7.73. The number of aryl methyl sites for hydroxylation is 1. The number of alkyl halides is 3. The van der Waals surface area contributed by atoms with Crippen LogP contribution in [0.15, 0.2) is 67.0 Å². The van der Waals surface area contributed by atoms with Crippen LogP contribution in [-0.2, 0) is 12.8 Å². The van der Waals surface area contributed by atoms with Crippen LogP contribution in [0.5, 0.6) is 5.75 Å². The van der Waals surface area contributed by atoms with Gasteiger partial charge in [-0.15, -0.1) is 0 Å². The molecular weight excluding hydrogens is 327 g/mol. The normalized spacial score (nSPS) is 11.4. The van der Waals surface area contributed by atoms with Crippen LogP contribution in [0.1, 0.15) is 16.7 Å². The van der Waals surface area contributed by atoms with E-state index < -0.39 is 11.7 Å². The van der Waals surface area contributed by atoms with Crippen molar-refractivity contribution in [2.24, 2.45) is 0 Å². The van der Waals surface area contributed by atoms with Gasteiger partial charge in [0.1, 0.15) is 12.4 Å². The average molecular weight is 343 g/mol. The van der Waals surface area contributed by atoms with Crippen molar-refractivity contribution in [2.75, 3.05) is 0 Å². The highest BCUT2D eigenvalue weighted by Crippen LogP contribution is 2.32. The molecule has 1 heterocycles. The van der Waals surface area contributed by atoms with E-state index in [-0.39, 0.29) is 0 Å². The van der Waals surface area contributed by atoms with Crippen LogP contribution in [0.2, 0.25) is 0 Å². The molecule has 2 aromatic carbocycles. The van der Waals surface area contributed by atoms with Gasteiger partial charge in [0.05, 0.1) is 5.56 Å². The van der Waals surface area contributed by atoms with Gasteiger partial charge in [-0.3, -0.25) is 4.98 Å². The predicted molar refractivity (Wildman–Crippen MR) is 90.2 cm³/mol. The molecule has 0 atom stereocenters. The fourth-order valence-electron chi connectivity index (χ4n) is 2.40. The first-order valence-electron chi connectivity index (χ1n) is 7.73. The maximum Gasteiger partial charge on any atom is 0.416 e. The molecule has 0 aliphatic rings. The molecule has 25 heavy (non-hydrogen) atoms. The molecule has 0 saturated heterocycles. The highest BCUT2D eigenvalue weighted by atomic mass is 19.4. The third-order valence-electron chi connectivity index (χ3n) is 3.74. The first kappa shape index (κ1) is 17.0. The Balaban J connectivity index is 1.78. The van der Waals surface area contributed by atoms with E-state index in [1.54, 1.807) is 24.5 Å². The zero-order valence-corrected chi connectivity index (χ0v) is 13.5. The summed E-state index contributed by atoms with van der Waals surface area (Å²) in [7, 11) is 0. The third kappa shape index (κ3) is 4.38. The van der Waals surface area contributed by atoms with Crippen molar-refractivity contribution in [3.05, 3.63) is 83.7 Å². The summed E-state index contributed by atoms with van der Waals surface area (Å²) in [6.07, 6.45) is -1.17. The summed E-state index contributed by atoms with van der Waals surface area (Å²) in [6.45, 7) is 2.29. The van der Waals surface area contributed by atoms with Crippen molar-refractivity contribution >= 4 is 0 Å². The molecule has 5 heteroatoms. The second-order valence-corrected chi connectivity index (χ2v) is 5.76. The van der Waals surface area contributed by atoms with Gasteiger partial charge in [0.25, 0.3) is 0 Å². The second-order valence-electron chi connectivity index (χ2n) is 5.76. The van der Waals surface area contributed by atoms with E-state index in [0.717, 1.165) is 29.0 Å². The molecular formula is C20H16F3NO. The number of halogens is 3. The van der Waals surface area contributed by atoms with Gasteiger partial charge in [0.15, 0.2) is 0 Å². The Labute approximate surface area is 143 Å². The van der Waals surface area contributed by atoms with E-state index in [9.17, 15) is 13.2 Å². The Kier molecular flexibility index (Phi) is 4.74. The molecule has 128 valence electrons. The topological polar surface area (TPSA) is 22.1 Å². The Morgan fingerprint density at radius 1 is 0.920 bits per heavy atom. The van der Waals surface area contributed by atoms with Crippen molar-refractivity contribution < 1.29 is 17.9 Å². The molecule has 3 aromatic rings. The van der Waals surface area contributed by atoms with Gasteiger partial charge in [-0.25, -0.2) is 0 Å². The monoisotopic (exact) mass is 343 g/mol. The van der Waals surface area contributed by atoms with E-state index in [2.05, 4.69) is 4.98 Å². The van der Waals surface area contributed by atoms with Gasteiger partial charge >= 0.3 is 6.18 Å². The first-order chi connectivity index (χ1) is 11.9. The van der Waals surface area contributed by atoms with E-state index in [1.807, 2.05) is 31.2 Å². The lowest BCUT2D eigenvalue weighted by Gasteiger charge is -2.10. The lowest BCUT2D eigenvalue weighted by Crippen LogP contribution is -2.04. The van der Waals surface area contributed by atoms with E-state index in [4.69, 9.17) is 4.74 Å². The Morgan fingerprint density at radius 2 is 1.68 bits per heavy atom. The lowest BCUT2D eigenvalue weighted by atomic mass is 10.0. The number of aromatic nitrogens is 1. The molecule has 0 radical (unpaired) electrons. The van der Waals surface area contributed by atoms with Crippen molar-refractivity contribution in [3.8, 4) is 16.9 Å². The quantitative estimate of drug-likeness (QED) is 0.610. The van der Waals surface area contributed by atoms with E-state index in [1.165, 1.54) is 6.07 Å². The van der Waals surface area contributed by atoms with Gasteiger partial charge in [-0.1, -0.05) is 29.8 Å². The minimum absolute atomic E-state index is 0.295. The molecule has 0 spiro atoms. The number of pyridine rings is 1. The number of rotatable bonds is 4. The molecule has 0 saturated carbocycles. The number of benzene rings is 2. The largest absolute Gasteiger partial charge is 0.489 e. The average Bonchev–Trinajstić information content (AvgIpc) is 2.61. The van der Waals surface area contributed by atoms with Crippen molar-refractivity contribution in [2.45, 2.75) is 19.7 Å². The summed E-state index contributed by atoms with van der Waals surface area (Å²) in [5.74, 6) is 0.732. The minimum atomic E-state index is -4.37. The number of nitrogens with zero attached hydrogens (tertiary/aromatic N) is 1. The Morgan fingerprint density at radius 3 is 2.40 bits per heavy atom. The molecule has 0 amide bonds. The molecule has 0 bridgehead atoms. The van der Waals surface area contributed by atoms with Crippen LogP contribution >= 0.6 is 0 Å². The number of hydrogen-bond acceptors (Lipinski definition) is 2. The lowest BCUT2D eigenvalue weighted by molar-refractivity contribution is -0.137. The van der Waals surface area contributed by atoms with Crippen molar-refractivity contribution in [3.63, 3.8) is 0 Å². The summed E-state index contributed by atoms with van der Waals surface area (Å²) in [6, 6.07) is 14.7. The minimum Gasteiger partial charge on any atom is -0.489 e. The Hall–Kier alpha value is -2.82. The molecule has 0 unspecified atom stereocenters. The van der Waals surface area contributed by atoms with Gasteiger partial charge in [-0.05, 0) is 42.8 Å². The van der Waals surface area contributed by atoms with Gasteiger partial charge < -0.3 is 4.74 Å². The highest BCUT2D eigenvalue weighted by molar-refractivity contribution is 5.64. The van der Waals surface area contributed by atoms with Crippen LogP contribution in [0.25, 0.3) is 11.1 Å². The zero-order valence-electron chi connectivity index (χ0n) is 13.5. The van der Waals surface area contributed by atoms with Crippen LogP contribution in [-0.4, -0.2) is 4.98 Å². The summed E-state index contributed by atoms with van der Waals surface area (Å²) >= 11 is 0. The molecule has 3 rings (SSSR count). The predicted octanol–water partition coefficient (Wildman–Crippen LogP) is 5.65. The SMILES string of the molecule is Cc1ccc(OCc2cncc(-c3cccc(C(F)(F)F)c3)c2)cc1. The zero-order chi connectivity index (χ0) is 17.9. The van der Waals surface area contributed by atoms with Crippen LogP contribution in [0, 0.1) is 6.92 Å². The van der Waals surface area contributed by atoms with Gasteiger partial charge in [0, 0.05) is 23.5 Å². The van der Waals surface area contributed by atoms with Crippen LogP contribution in [0.3, 0.4) is 0 Å². The maximum atomic E-state index is 12.9. The molecule has 0 fully saturated rings. The standard InChI is InChI=1S/C20H16F3NO/c1-14-5-7-19(8-6-14)25-13-15-9-17(12-24-11-15)16-3-2-4-18(10-16)20(21,22)23/h2-12H,13H2,1H3. The van der Waals surface area contributed by atoms with Gasteiger partial charge in [0.2, 0.25) is 0 Å². The number of ether oxygens (including phenoxy) is 1. The smallest absolute Gasteiger partial charge is 0.416 e. The van der Waals surface area contributed by atoms with Crippen molar-refractivity contribution in [1.82, 2.24) is 4.98 Å². The van der Waals surface area contributed by atoms with Crippen molar-refractivity contribution in [1.29, 1.82) is 0 Å². The fraction of sp³-hybridized carbons (Fsp3) is 0.150. The fourth-order valence-corrected chi connectivity index (χ4v) is 2.40. The number of hydrogen-bond donors (Lipinski definition) is 0. The van der Waals surface area contributed by atoms with E-state index >= 15 is 0 Å². The molecule has 1 aromatic heterocycles.